The molecule has 0 bridgehead atoms. The van der Waals surface area contributed by atoms with Gasteiger partial charge in [-0.05, 0) is 43.9 Å². The van der Waals surface area contributed by atoms with Gasteiger partial charge in [0.2, 0.25) is 0 Å². The predicted octanol–water partition coefficient (Wildman–Crippen LogP) is 3.28. The maximum Gasteiger partial charge on any atom is 0.136 e. The Bertz CT molecular complexity index is 637. The van der Waals surface area contributed by atoms with Crippen LogP contribution < -0.4 is 0 Å². The van der Waals surface area contributed by atoms with E-state index in [2.05, 4.69) is 11.2 Å². The summed E-state index contributed by atoms with van der Waals surface area (Å²) in [6.07, 6.45) is 4.36. The monoisotopic (exact) mass is 257 g/mol. The third-order valence-corrected chi connectivity index (χ3v) is 3.70. The molecule has 0 aliphatic heterocycles. The summed E-state index contributed by atoms with van der Waals surface area (Å²) in [4.78, 5) is 0. The zero-order valence-electron chi connectivity index (χ0n) is 9.86. The van der Waals surface area contributed by atoms with Gasteiger partial charge in [-0.1, -0.05) is 17.7 Å². The minimum absolute atomic E-state index is 0.622. The van der Waals surface area contributed by atoms with Crippen LogP contribution in [-0.4, -0.2) is 9.78 Å². The van der Waals surface area contributed by atoms with E-state index in [4.69, 9.17) is 16.9 Å². The first-order valence-corrected chi connectivity index (χ1v) is 6.44. The molecule has 0 saturated heterocycles. The molecule has 3 rings (SSSR count). The van der Waals surface area contributed by atoms with Crippen LogP contribution in [-0.2, 0) is 12.8 Å². The highest BCUT2D eigenvalue weighted by Crippen LogP contribution is 2.29. The molecule has 90 valence electrons. The first-order valence-electron chi connectivity index (χ1n) is 6.06. The number of rotatable bonds is 1. The fourth-order valence-corrected chi connectivity index (χ4v) is 2.73. The van der Waals surface area contributed by atoms with Crippen molar-refractivity contribution in [2.24, 2.45) is 0 Å². The van der Waals surface area contributed by atoms with Crippen molar-refractivity contribution in [2.45, 2.75) is 25.7 Å². The van der Waals surface area contributed by atoms with Crippen molar-refractivity contribution in [1.29, 1.82) is 5.26 Å². The molecular formula is C14H12ClN3. The normalized spacial score (nSPS) is 14.0. The first kappa shape index (κ1) is 11.3. The highest BCUT2D eigenvalue weighted by molar-refractivity contribution is 6.30. The molecule has 0 radical (unpaired) electrons. The van der Waals surface area contributed by atoms with E-state index in [1.807, 2.05) is 18.2 Å². The second kappa shape index (κ2) is 4.47. The van der Waals surface area contributed by atoms with E-state index in [-0.39, 0.29) is 0 Å². The smallest absolute Gasteiger partial charge is 0.136 e. The van der Waals surface area contributed by atoms with E-state index < -0.39 is 0 Å². The zero-order valence-corrected chi connectivity index (χ0v) is 10.6. The minimum Gasteiger partial charge on any atom is -0.222 e. The topological polar surface area (TPSA) is 41.6 Å². The minimum atomic E-state index is 0.622. The molecule has 0 spiro atoms. The fourth-order valence-electron chi connectivity index (χ4n) is 2.39. The Hall–Kier alpha value is -1.79. The van der Waals surface area contributed by atoms with E-state index in [1.165, 1.54) is 18.4 Å². The van der Waals surface area contributed by atoms with Crippen molar-refractivity contribution in [3.8, 4) is 11.8 Å². The Morgan fingerprint density at radius 3 is 2.89 bits per heavy atom. The van der Waals surface area contributed by atoms with Crippen molar-refractivity contribution < 1.29 is 0 Å². The summed E-state index contributed by atoms with van der Waals surface area (Å²) in [5.74, 6) is 0. The zero-order chi connectivity index (χ0) is 12.5. The number of hydrogen-bond acceptors (Lipinski definition) is 2. The average molecular weight is 258 g/mol. The number of halogens is 1. The van der Waals surface area contributed by atoms with Gasteiger partial charge in [0.25, 0.3) is 0 Å². The summed E-state index contributed by atoms with van der Waals surface area (Å²) >= 11 is 6.39. The summed E-state index contributed by atoms with van der Waals surface area (Å²) < 4.78 is 1.75. The number of fused-ring (bicyclic) bond motifs is 1. The fraction of sp³-hybridized carbons (Fsp3) is 0.286. The van der Waals surface area contributed by atoms with Crippen LogP contribution in [0.4, 0.5) is 0 Å². The lowest BCUT2D eigenvalue weighted by Gasteiger charge is -2.07. The molecule has 4 heteroatoms. The van der Waals surface area contributed by atoms with Crippen molar-refractivity contribution in [1.82, 2.24) is 9.78 Å². The molecule has 18 heavy (non-hydrogen) atoms. The van der Waals surface area contributed by atoms with E-state index in [0.717, 1.165) is 24.2 Å². The van der Waals surface area contributed by atoms with Gasteiger partial charge in [-0.3, -0.25) is 0 Å². The van der Waals surface area contributed by atoms with Gasteiger partial charge >= 0.3 is 0 Å². The molecular weight excluding hydrogens is 246 g/mol. The molecule has 0 atom stereocenters. The van der Waals surface area contributed by atoms with Gasteiger partial charge in [-0.2, -0.15) is 10.4 Å². The second-order valence-corrected chi connectivity index (χ2v) is 4.86. The van der Waals surface area contributed by atoms with Gasteiger partial charge < -0.3 is 0 Å². The molecule has 0 unspecified atom stereocenters. The molecule has 0 amide bonds. The van der Waals surface area contributed by atoms with Crippen LogP contribution in [0.15, 0.2) is 24.3 Å². The first-order chi connectivity index (χ1) is 8.79. The number of aryl methyl sites for hydroxylation is 1. The number of aromatic nitrogens is 2. The lowest BCUT2D eigenvalue weighted by molar-refractivity contribution is 0.671. The summed E-state index contributed by atoms with van der Waals surface area (Å²) in [7, 11) is 0. The number of nitriles is 1. The predicted molar refractivity (Wildman–Crippen MR) is 69.9 cm³/mol. The number of nitrogens with zero attached hydrogens (tertiary/aromatic N) is 3. The van der Waals surface area contributed by atoms with Crippen LogP contribution in [0.25, 0.3) is 5.69 Å². The standard InChI is InChI=1S/C14H12ClN3/c15-14-12-6-1-2-7-13(12)17-18(14)11-5-3-4-10(8-11)9-16/h3-5,8H,1-2,6-7H2. The van der Waals surface area contributed by atoms with Crippen LogP contribution in [0.1, 0.15) is 29.7 Å². The van der Waals surface area contributed by atoms with Gasteiger partial charge in [0.05, 0.1) is 23.0 Å². The molecule has 0 fully saturated rings. The SMILES string of the molecule is N#Cc1cccc(-n2nc3c(c2Cl)CCCC3)c1. The van der Waals surface area contributed by atoms with Crippen molar-refractivity contribution in [3.05, 3.63) is 46.2 Å². The third-order valence-electron chi connectivity index (χ3n) is 3.31. The van der Waals surface area contributed by atoms with E-state index >= 15 is 0 Å². The van der Waals surface area contributed by atoms with Gasteiger partial charge in [0.15, 0.2) is 0 Å². The highest BCUT2D eigenvalue weighted by atomic mass is 35.5. The van der Waals surface area contributed by atoms with Gasteiger partial charge in [0, 0.05) is 5.56 Å². The largest absolute Gasteiger partial charge is 0.222 e. The summed E-state index contributed by atoms with van der Waals surface area (Å²) in [6.45, 7) is 0. The Morgan fingerprint density at radius 1 is 1.28 bits per heavy atom. The van der Waals surface area contributed by atoms with Crippen LogP contribution in [0, 0.1) is 11.3 Å². The van der Waals surface area contributed by atoms with Crippen molar-refractivity contribution >= 4 is 11.6 Å². The number of hydrogen-bond donors (Lipinski definition) is 0. The maximum atomic E-state index is 8.93. The van der Waals surface area contributed by atoms with Gasteiger partial charge in [0.1, 0.15) is 5.15 Å². The molecule has 1 aliphatic rings. The Balaban J connectivity index is 2.12. The lowest BCUT2D eigenvalue weighted by atomic mass is 9.99. The molecule has 1 heterocycles. The summed E-state index contributed by atoms with van der Waals surface area (Å²) in [5.41, 5.74) is 3.75. The Morgan fingerprint density at radius 2 is 2.11 bits per heavy atom. The van der Waals surface area contributed by atoms with Crippen molar-refractivity contribution in [2.75, 3.05) is 0 Å². The van der Waals surface area contributed by atoms with Crippen LogP contribution in [0.2, 0.25) is 5.15 Å². The lowest BCUT2D eigenvalue weighted by Crippen LogP contribution is -2.00. The maximum absolute atomic E-state index is 8.93. The van der Waals surface area contributed by atoms with E-state index in [1.54, 1.807) is 10.7 Å². The molecule has 1 aliphatic carbocycles. The average Bonchev–Trinajstić information content (AvgIpc) is 2.77. The van der Waals surface area contributed by atoms with E-state index in [9.17, 15) is 0 Å². The molecule has 2 aromatic rings. The van der Waals surface area contributed by atoms with E-state index in [0.29, 0.717) is 10.7 Å². The highest BCUT2D eigenvalue weighted by Gasteiger charge is 2.19. The van der Waals surface area contributed by atoms with Crippen LogP contribution in [0.5, 0.6) is 0 Å². The summed E-state index contributed by atoms with van der Waals surface area (Å²) in [5, 5.41) is 14.2. The van der Waals surface area contributed by atoms with Gasteiger partial charge in [-0.15, -0.1) is 0 Å². The van der Waals surface area contributed by atoms with Crippen LogP contribution in [0.3, 0.4) is 0 Å². The number of benzene rings is 1. The molecule has 0 N–H and O–H groups in total. The molecule has 3 nitrogen and oxygen atoms in total. The second-order valence-electron chi connectivity index (χ2n) is 4.50. The molecule has 0 saturated carbocycles. The van der Waals surface area contributed by atoms with Crippen molar-refractivity contribution in [3.63, 3.8) is 0 Å². The Labute approximate surface area is 111 Å². The summed E-state index contributed by atoms with van der Waals surface area (Å²) in [6, 6.07) is 9.50. The quantitative estimate of drug-likeness (QED) is 0.787. The molecule has 1 aromatic carbocycles. The van der Waals surface area contributed by atoms with Gasteiger partial charge in [-0.25, -0.2) is 4.68 Å². The van der Waals surface area contributed by atoms with Crippen LogP contribution >= 0.6 is 11.6 Å². The molecule has 1 aromatic heterocycles. The third kappa shape index (κ3) is 1.79. The Kier molecular flexibility index (Phi) is 2.81.